The third-order valence-corrected chi connectivity index (χ3v) is 8.72. The van der Waals surface area contributed by atoms with Gasteiger partial charge in [-0.05, 0) is 83.8 Å². The minimum atomic E-state index is -0.425. The molecule has 0 saturated carbocycles. The average molecular weight is 624 g/mol. The number of aryl methyl sites for hydroxylation is 1. The van der Waals surface area contributed by atoms with Gasteiger partial charge in [0.15, 0.2) is 0 Å². The van der Waals surface area contributed by atoms with Crippen LogP contribution in [-0.4, -0.2) is 19.1 Å². The van der Waals surface area contributed by atoms with Gasteiger partial charge in [0.2, 0.25) is 0 Å². The first-order valence-corrected chi connectivity index (χ1v) is 15.6. The van der Waals surface area contributed by atoms with Crippen LogP contribution in [0.3, 0.4) is 0 Å². The summed E-state index contributed by atoms with van der Waals surface area (Å²) in [6, 6.07) is 38.8. The summed E-state index contributed by atoms with van der Waals surface area (Å²) in [5.74, 6) is 1.94. The summed E-state index contributed by atoms with van der Waals surface area (Å²) in [4.78, 5) is 9.41. The molecular weight excluding hydrogens is 589 g/mol. The number of benzene rings is 6. The molecule has 9 rings (SSSR count). The normalized spacial score (nSPS) is 12.9. The van der Waals surface area contributed by atoms with Crippen LogP contribution in [-0.2, 0) is 0 Å². The minimum absolute atomic E-state index is 0.129. The summed E-state index contributed by atoms with van der Waals surface area (Å²) < 4.78 is 52.2. The number of ether oxygens (including phenoxy) is 1. The van der Waals surface area contributed by atoms with Crippen LogP contribution in [0.25, 0.3) is 66.6 Å². The van der Waals surface area contributed by atoms with E-state index in [9.17, 15) is 0 Å². The lowest BCUT2D eigenvalue weighted by Crippen LogP contribution is -1.99. The minimum Gasteiger partial charge on any atom is -0.457 e. The Morgan fingerprint density at radius 2 is 1.44 bits per heavy atom. The van der Waals surface area contributed by atoms with E-state index in [0.29, 0.717) is 22.9 Å². The molecule has 5 nitrogen and oxygen atoms in total. The maximum Gasteiger partial charge on any atom is 0.137 e. The van der Waals surface area contributed by atoms with Crippen molar-refractivity contribution >= 4 is 32.8 Å². The summed E-state index contributed by atoms with van der Waals surface area (Å²) in [5.41, 5.74) is 8.19. The lowest BCUT2D eigenvalue weighted by Gasteiger charge is -2.12. The molecule has 0 amide bonds. The van der Waals surface area contributed by atoms with Gasteiger partial charge in [-0.25, -0.2) is 9.97 Å². The molecule has 0 aliphatic rings. The maximum absolute atomic E-state index is 8.55. The molecule has 3 heterocycles. The van der Waals surface area contributed by atoms with Crippen molar-refractivity contribution in [1.29, 1.82) is 0 Å². The molecule has 0 aliphatic carbocycles. The van der Waals surface area contributed by atoms with Crippen LogP contribution >= 0.6 is 0 Å². The molecule has 0 radical (unpaired) electrons. The average Bonchev–Trinajstić information content (AvgIpc) is 3.76. The van der Waals surface area contributed by atoms with Gasteiger partial charge in [0.25, 0.3) is 0 Å². The van der Waals surface area contributed by atoms with Gasteiger partial charge in [0, 0.05) is 34.7 Å². The van der Waals surface area contributed by atoms with E-state index in [0.717, 1.165) is 55.2 Å². The van der Waals surface area contributed by atoms with Gasteiger partial charge in [-0.15, -0.1) is 0 Å². The van der Waals surface area contributed by atoms with Gasteiger partial charge in [-0.3, -0.25) is 9.13 Å². The molecular formula is C43H30N4O. The lowest BCUT2D eigenvalue weighted by molar-refractivity contribution is 0.483. The number of nitrogens with zero attached hydrogens (tertiary/aromatic N) is 4. The van der Waals surface area contributed by atoms with Crippen LogP contribution in [0.4, 0.5) is 0 Å². The highest BCUT2D eigenvalue weighted by atomic mass is 16.5. The highest BCUT2D eigenvalue weighted by molar-refractivity contribution is 6.10. The second kappa shape index (κ2) is 11.4. The standard InChI is InChI=1S/C43H30N4O/c1-29-23-43(44-27-38(29)31-13-6-3-7-14-31)47-40-22-19-32(30-11-4-2-5-12-30)24-37(40)36-21-20-35(26-42(36)47)48-34-16-10-15-33(25-34)46-28-45-39-17-8-9-18-41(39)46/h2-28H,1H3/i3D,6D,7D,13D,14D. The van der Waals surface area contributed by atoms with Crippen LogP contribution < -0.4 is 4.74 Å². The van der Waals surface area contributed by atoms with E-state index in [1.807, 2.05) is 103 Å². The number of pyridine rings is 1. The van der Waals surface area contributed by atoms with E-state index in [1.165, 1.54) is 0 Å². The molecule has 0 fully saturated rings. The number of hydrogen-bond acceptors (Lipinski definition) is 3. The van der Waals surface area contributed by atoms with E-state index >= 15 is 0 Å². The number of fused-ring (bicyclic) bond motifs is 4. The second-order valence-corrected chi connectivity index (χ2v) is 11.7. The van der Waals surface area contributed by atoms with E-state index in [-0.39, 0.29) is 29.7 Å². The first-order chi connectivity index (χ1) is 25.8. The van der Waals surface area contributed by atoms with E-state index in [1.54, 1.807) is 6.20 Å². The number of imidazole rings is 1. The fraction of sp³-hybridized carbons (Fsp3) is 0.0233. The molecule has 3 aromatic heterocycles. The summed E-state index contributed by atoms with van der Waals surface area (Å²) in [7, 11) is 0. The van der Waals surface area contributed by atoms with Crippen LogP contribution in [0.5, 0.6) is 11.5 Å². The highest BCUT2D eigenvalue weighted by Crippen LogP contribution is 2.38. The van der Waals surface area contributed by atoms with Crippen molar-refractivity contribution in [2.75, 3.05) is 0 Å². The highest BCUT2D eigenvalue weighted by Gasteiger charge is 2.17. The molecule has 9 aromatic rings. The number of rotatable bonds is 6. The van der Waals surface area contributed by atoms with Crippen LogP contribution in [0.2, 0.25) is 0 Å². The summed E-state index contributed by atoms with van der Waals surface area (Å²) in [6.07, 6.45) is 3.41. The zero-order valence-corrected chi connectivity index (χ0v) is 25.9. The van der Waals surface area contributed by atoms with Gasteiger partial charge in [-0.1, -0.05) is 84.8 Å². The van der Waals surface area contributed by atoms with E-state index in [2.05, 4.69) is 45.9 Å². The Labute approximate surface area is 285 Å². The molecule has 48 heavy (non-hydrogen) atoms. The Bertz CT molecular complexity index is 2870. The lowest BCUT2D eigenvalue weighted by atomic mass is 10.0. The van der Waals surface area contributed by atoms with Crippen LogP contribution in [0.15, 0.2) is 164 Å². The molecule has 0 unspecified atom stereocenters. The molecule has 0 spiro atoms. The Morgan fingerprint density at radius 3 is 2.31 bits per heavy atom. The van der Waals surface area contributed by atoms with Crippen molar-refractivity contribution in [3.05, 3.63) is 170 Å². The SMILES string of the molecule is [2H]c1c([2H])c([2H])c(-c2cnc(-n3c4ccc(-c5ccccc5)cc4c4ccc(Oc5cccc(-n6cnc7ccccc76)c5)cc43)cc2C)c([2H])c1[2H]. The Hall–Kier alpha value is -6.46. The summed E-state index contributed by atoms with van der Waals surface area (Å²) >= 11 is 0. The number of para-hydroxylation sites is 2. The first-order valence-electron chi connectivity index (χ1n) is 18.1. The molecule has 0 atom stereocenters. The summed E-state index contributed by atoms with van der Waals surface area (Å²) in [6.45, 7) is 1.87. The van der Waals surface area contributed by atoms with E-state index in [4.69, 9.17) is 16.6 Å². The van der Waals surface area contributed by atoms with Crippen molar-refractivity contribution in [3.63, 3.8) is 0 Å². The molecule has 0 aliphatic heterocycles. The Kier molecular flexibility index (Phi) is 5.45. The maximum atomic E-state index is 8.55. The van der Waals surface area contributed by atoms with Gasteiger partial charge in [-0.2, -0.15) is 0 Å². The predicted molar refractivity (Wildman–Crippen MR) is 195 cm³/mol. The Balaban J connectivity index is 1.18. The molecule has 0 saturated heterocycles. The van der Waals surface area contributed by atoms with Crippen molar-refractivity contribution in [2.45, 2.75) is 6.92 Å². The predicted octanol–water partition coefficient (Wildman–Crippen LogP) is 11.0. The van der Waals surface area contributed by atoms with Crippen molar-refractivity contribution < 1.29 is 11.6 Å². The van der Waals surface area contributed by atoms with Gasteiger partial charge in [0.05, 0.1) is 34.6 Å². The molecule has 0 N–H and O–H groups in total. The molecule has 228 valence electrons. The van der Waals surface area contributed by atoms with Crippen molar-refractivity contribution in [2.24, 2.45) is 0 Å². The first kappa shape index (κ1) is 23.0. The van der Waals surface area contributed by atoms with Gasteiger partial charge in [0.1, 0.15) is 23.6 Å². The fourth-order valence-corrected chi connectivity index (χ4v) is 6.43. The number of aromatic nitrogens is 4. The third-order valence-electron chi connectivity index (χ3n) is 8.72. The molecule has 5 heteroatoms. The smallest absolute Gasteiger partial charge is 0.137 e. The number of hydrogen-bond donors (Lipinski definition) is 0. The topological polar surface area (TPSA) is 44.9 Å². The van der Waals surface area contributed by atoms with Crippen molar-refractivity contribution in [3.8, 4) is 45.3 Å². The summed E-state index contributed by atoms with van der Waals surface area (Å²) in [5, 5.41) is 2.05. The zero-order chi connectivity index (χ0) is 36.4. The van der Waals surface area contributed by atoms with Gasteiger partial charge >= 0.3 is 0 Å². The third kappa shape index (κ3) is 4.81. The van der Waals surface area contributed by atoms with Crippen molar-refractivity contribution in [1.82, 2.24) is 19.1 Å². The second-order valence-electron chi connectivity index (χ2n) is 11.7. The Morgan fingerprint density at radius 1 is 0.604 bits per heavy atom. The molecule has 6 aromatic carbocycles. The van der Waals surface area contributed by atoms with Gasteiger partial charge < -0.3 is 4.74 Å². The van der Waals surface area contributed by atoms with Crippen LogP contribution in [0, 0.1) is 6.92 Å². The van der Waals surface area contributed by atoms with E-state index < -0.39 is 6.04 Å². The quantitative estimate of drug-likeness (QED) is 0.185. The van der Waals surface area contributed by atoms with Crippen LogP contribution in [0.1, 0.15) is 12.4 Å². The largest absolute Gasteiger partial charge is 0.457 e. The monoisotopic (exact) mass is 623 g/mol. The fourth-order valence-electron chi connectivity index (χ4n) is 6.43. The zero-order valence-electron chi connectivity index (χ0n) is 30.9. The molecule has 0 bridgehead atoms.